The molecule has 36 heavy (non-hydrogen) atoms. The molecule has 0 unspecified atom stereocenters. The maximum absolute atomic E-state index is 12.8. The minimum Gasteiger partial charge on any atom is -0.370 e. The van der Waals surface area contributed by atoms with Crippen molar-refractivity contribution in [2.24, 2.45) is 26.9 Å². The summed E-state index contributed by atoms with van der Waals surface area (Å²) in [5.74, 6) is -2.58. The maximum atomic E-state index is 12.8. The molecule has 5 N–H and O–H groups in total. The van der Waals surface area contributed by atoms with E-state index in [-0.39, 0.29) is 48.1 Å². The van der Waals surface area contributed by atoms with Crippen LogP contribution in [-0.4, -0.2) is 54.0 Å². The molecule has 16 heteroatoms. The SMILES string of the molecule is Cl.Cn1cc(NC(=O)c2cc(NC(=O)c3cc([N+](=O)[O-])nn3C)cn2C)cc1C(=O)NCCC(N)=O. The predicted octanol–water partition coefficient (Wildman–Crippen LogP) is 0.537. The van der Waals surface area contributed by atoms with Crippen LogP contribution in [0.4, 0.5) is 17.2 Å². The van der Waals surface area contributed by atoms with E-state index in [2.05, 4.69) is 21.0 Å². The normalized spacial score (nSPS) is 10.3. The summed E-state index contributed by atoms with van der Waals surface area (Å²) in [6.07, 6.45) is 3.05. The first-order chi connectivity index (χ1) is 16.5. The fourth-order valence-corrected chi connectivity index (χ4v) is 3.25. The van der Waals surface area contributed by atoms with Gasteiger partial charge >= 0.3 is 5.82 Å². The monoisotopic (exact) mass is 521 g/mol. The third-order valence-electron chi connectivity index (χ3n) is 4.93. The summed E-state index contributed by atoms with van der Waals surface area (Å²) in [6, 6.07) is 3.94. The van der Waals surface area contributed by atoms with Crippen LogP contribution in [0.1, 0.15) is 37.9 Å². The van der Waals surface area contributed by atoms with Gasteiger partial charge in [-0.15, -0.1) is 12.4 Å². The van der Waals surface area contributed by atoms with Crippen LogP contribution >= 0.6 is 12.4 Å². The highest BCUT2D eigenvalue weighted by Gasteiger charge is 2.22. The van der Waals surface area contributed by atoms with Crippen molar-refractivity contribution in [2.45, 2.75) is 6.42 Å². The standard InChI is InChI=1S/C20H23N9O6.ClH/c1-26-9-11(6-13(26)18(31)22-5-4-16(21)30)23-19(32)14-7-12(10-27(14)2)24-20(33)15-8-17(29(34)35)25-28(15)3;/h6-10H,4-5H2,1-3H3,(H2,21,30)(H,22,31)(H,23,32)(H,24,33);1H. The molecule has 0 radical (unpaired) electrons. The first-order valence-corrected chi connectivity index (χ1v) is 10.2. The highest BCUT2D eigenvalue weighted by Crippen LogP contribution is 2.19. The third kappa shape index (κ3) is 6.26. The molecule has 0 atom stereocenters. The first kappa shape index (κ1) is 27.6. The molecule has 3 aromatic heterocycles. The van der Waals surface area contributed by atoms with E-state index >= 15 is 0 Å². The Bertz CT molecular complexity index is 1340. The fraction of sp³-hybridized carbons (Fsp3) is 0.250. The number of carbonyl (C=O) groups excluding carboxylic acids is 4. The van der Waals surface area contributed by atoms with Gasteiger partial charge in [-0.2, -0.15) is 4.68 Å². The van der Waals surface area contributed by atoms with Crippen molar-refractivity contribution in [2.75, 3.05) is 17.2 Å². The van der Waals surface area contributed by atoms with Crippen molar-refractivity contribution >= 4 is 53.2 Å². The van der Waals surface area contributed by atoms with Gasteiger partial charge in [0.2, 0.25) is 5.91 Å². The van der Waals surface area contributed by atoms with Gasteiger partial charge in [0, 0.05) is 39.5 Å². The molecule has 0 bridgehead atoms. The largest absolute Gasteiger partial charge is 0.390 e. The molecule has 0 aliphatic carbocycles. The van der Waals surface area contributed by atoms with Crippen LogP contribution in [0, 0.1) is 10.1 Å². The number of nitrogens with zero attached hydrogens (tertiary/aromatic N) is 5. The first-order valence-electron chi connectivity index (χ1n) is 10.2. The fourth-order valence-electron chi connectivity index (χ4n) is 3.25. The second-order valence-corrected chi connectivity index (χ2v) is 7.60. The van der Waals surface area contributed by atoms with Gasteiger partial charge in [0.1, 0.15) is 11.4 Å². The third-order valence-corrected chi connectivity index (χ3v) is 4.93. The van der Waals surface area contributed by atoms with Crippen LogP contribution in [-0.2, 0) is 25.9 Å². The zero-order valence-electron chi connectivity index (χ0n) is 19.5. The number of hydrogen-bond acceptors (Lipinski definition) is 7. The van der Waals surface area contributed by atoms with Gasteiger partial charge in [-0.1, -0.05) is 0 Å². The number of amides is 4. The number of primary amides is 1. The predicted molar refractivity (Wildman–Crippen MR) is 130 cm³/mol. The average Bonchev–Trinajstić information content (AvgIpc) is 3.44. The van der Waals surface area contributed by atoms with Crippen molar-refractivity contribution in [3.8, 4) is 0 Å². The molecule has 0 saturated heterocycles. The molecule has 3 rings (SSSR count). The van der Waals surface area contributed by atoms with E-state index in [4.69, 9.17) is 5.73 Å². The molecular formula is C20H24ClN9O6. The van der Waals surface area contributed by atoms with Gasteiger partial charge in [0.05, 0.1) is 29.6 Å². The Labute approximate surface area is 210 Å². The molecule has 0 aromatic carbocycles. The Hall–Kier alpha value is -4.66. The summed E-state index contributed by atoms with van der Waals surface area (Å²) in [5.41, 5.74) is 6.12. The van der Waals surface area contributed by atoms with Crippen molar-refractivity contribution in [3.05, 3.63) is 57.8 Å². The maximum Gasteiger partial charge on any atom is 0.390 e. The Balaban J connectivity index is 0.00000456. The van der Waals surface area contributed by atoms with Crippen LogP contribution in [0.2, 0.25) is 0 Å². The Kier molecular flexibility index (Phi) is 8.56. The summed E-state index contributed by atoms with van der Waals surface area (Å²) < 4.78 is 4.08. The molecule has 15 nitrogen and oxygen atoms in total. The second kappa shape index (κ2) is 11.2. The molecule has 3 aromatic rings. The molecule has 4 amide bonds. The molecule has 0 aliphatic rings. The van der Waals surface area contributed by atoms with Gasteiger partial charge in [0.15, 0.2) is 5.69 Å². The minimum atomic E-state index is -0.707. The second-order valence-electron chi connectivity index (χ2n) is 7.60. The lowest BCUT2D eigenvalue weighted by Crippen LogP contribution is -2.29. The van der Waals surface area contributed by atoms with E-state index < -0.39 is 34.4 Å². The van der Waals surface area contributed by atoms with Crippen molar-refractivity contribution < 1.29 is 24.1 Å². The number of nitro groups is 1. The number of aryl methyl sites for hydroxylation is 3. The van der Waals surface area contributed by atoms with Crippen LogP contribution in [0.25, 0.3) is 0 Å². The van der Waals surface area contributed by atoms with E-state index in [1.807, 2.05) is 0 Å². The van der Waals surface area contributed by atoms with E-state index in [9.17, 15) is 29.3 Å². The van der Waals surface area contributed by atoms with Gasteiger partial charge in [-0.05, 0) is 17.1 Å². The number of aromatic nitrogens is 4. The smallest absolute Gasteiger partial charge is 0.370 e. The minimum absolute atomic E-state index is 0. The molecule has 0 fully saturated rings. The van der Waals surface area contributed by atoms with Crippen molar-refractivity contribution in [3.63, 3.8) is 0 Å². The number of carbonyl (C=O) groups is 4. The number of nitrogens with two attached hydrogens (primary N) is 1. The van der Waals surface area contributed by atoms with Crippen LogP contribution in [0.15, 0.2) is 30.6 Å². The summed E-state index contributed by atoms with van der Waals surface area (Å²) in [5, 5.41) is 22.3. The number of anilines is 2. The Morgan fingerprint density at radius 3 is 1.89 bits per heavy atom. The van der Waals surface area contributed by atoms with Gasteiger partial charge in [-0.25, -0.2) is 0 Å². The molecule has 0 saturated carbocycles. The lowest BCUT2D eigenvalue weighted by molar-refractivity contribution is -0.389. The zero-order chi connectivity index (χ0) is 25.9. The van der Waals surface area contributed by atoms with E-state index in [0.717, 1.165) is 10.7 Å². The number of nitrogens with one attached hydrogen (secondary N) is 3. The molecule has 192 valence electrons. The number of hydrogen-bond donors (Lipinski definition) is 4. The van der Waals surface area contributed by atoms with Crippen LogP contribution < -0.4 is 21.7 Å². The Morgan fingerprint density at radius 2 is 1.42 bits per heavy atom. The van der Waals surface area contributed by atoms with Crippen molar-refractivity contribution in [1.82, 2.24) is 24.2 Å². The van der Waals surface area contributed by atoms with Gasteiger partial charge < -0.3 is 40.9 Å². The van der Waals surface area contributed by atoms with E-state index in [1.54, 1.807) is 20.3 Å². The highest BCUT2D eigenvalue weighted by atomic mass is 35.5. The van der Waals surface area contributed by atoms with Gasteiger partial charge in [0.25, 0.3) is 17.7 Å². The van der Waals surface area contributed by atoms with Crippen molar-refractivity contribution in [1.29, 1.82) is 0 Å². The summed E-state index contributed by atoms with van der Waals surface area (Å²) in [6.45, 7) is 0.0883. The summed E-state index contributed by atoms with van der Waals surface area (Å²) >= 11 is 0. The lowest BCUT2D eigenvalue weighted by atomic mass is 10.3. The zero-order valence-corrected chi connectivity index (χ0v) is 20.3. The number of halogens is 1. The van der Waals surface area contributed by atoms with Crippen LogP contribution in [0.3, 0.4) is 0 Å². The lowest BCUT2D eigenvalue weighted by Gasteiger charge is -2.04. The molecule has 0 spiro atoms. The number of rotatable bonds is 9. The van der Waals surface area contributed by atoms with E-state index in [1.165, 1.54) is 34.5 Å². The molecule has 0 aliphatic heterocycles. The van der Waals surface area contributed by atoms with E-state index in [0.29, 0.717) is 5.69 Å². The highest BCUT2D eigenvalue weighted by molar-refractivity contribution is 6.07. The quantitative estimate of drug-likeness (QED) is 0.232. The molecule has 3 heterocycles. The summed E-state index contributed by atoms with van der Waals surface area (Å²) in [7, 11) is 4.62. The Morgan fingerprint density at radius 1 is 0.917 bits per heavy atom. The summed E-state index contributed by atoms with van der Waals surface area (Å²) in [4.78, 5) is 58.5. The molecular weight excluding hydrogens is 498 g/mol. The van der Waals surface area contributed by atoms with Gasteiger partial charge in [-0.3, -0.25) is 19.2 Å². The topological polar surface area (TPSA) is 201 Å². The average molecular weight is 522 g/mol. The van der Waals surface area contributed by atoms with Crippen LogP contribution in [0.5, 0.6) is 0 Å².